The molecule has 0 saturated carbocycles. The summed E-state index contributed by atoms with van der Waals surface area (Å²) in [5.41, 5.74) is 3.30. The van der Waals surface area contributed by atoms with Gasteiger partial charge in [-0.3, -0.25) is 0 Å². The standard InChI is InChI=1S/C20H26I2/c1-19(2,3)15-7-11-17(12-8-15)22(21)18-13-9-16(10-14-18)20(4,5)6/h7-14H,1-6H3. The molecular weight excluding hydrogens is 494 g/mol. The van der Waals surface area contributed by atoms with Gasteiger partial charge in [-0.15, -0.1) is 0 Å². The molecule has 0 radical (unpaired) electrons. The Kier molecular flexibility index (Phi) is 5.63. The van der Waals surface area contributed by atoms with Crippen LogP contribution in [0.15, 0.2) is 48.5 Å². The van der Waals surface area contributed by atoms with E-state index >= 15 is 0 Å². The molecule has 0 spiro atoms. The fraction of sp³-hybridized carbons (Fsp3) is 0.400. The number of hydrogen-bond acceptors (Lipinski definition) is 0. The van der Waals surface area contributed by atoms with E-state index in [2.05, 4.69) is 109 Å². The topological polar surface area (TPSA) is 0 Å². The second-order valence-electron chi connectivity index (χ2n) is 7.75. The fourth-order valence-electron chi connectivity index (χ4n) is 2.25. The molecule has 0 unspecified atom stereocenters. The van der Waals surface area contributed by atoms with Gasteiger partial charge in [0.2, 0.25) is 0 Å². The summed E-state index contributed by atoms with van der Waals surface area (Å²) >= 11 is 1.41. The molecule has 2 aromatic rings. The van der Waals surface area contributed by atoms with Crippen molar-refractivity contribution in [2.24, 2.45) is 0 Å². The summed E-state index contributed by atoms with van der Waals surface area (Å²) in [7, 11) is 0. The summed E-state index contributed by atoms with van der Waals surface area (Å²) < 4.78 is 3.06. The summed E-state index contributed by atoms with van der Waals surface area (Å²) in [5.74, 6) is 0. The molecule has 120 valence electrons. The van der Waals surface area contributed by atoms with E-state index in [0.717, 1.165) is 0 Å². The van der Waals surface area contributed by atoms with Gasteiger partial charge in [-0.05, 0) is 0 Å². The Hall–Kier alpha value is -0.100. The average Bonchev–Trinajstić information content (AvgIpc) is 2.45. The molecule has 0 saturated heterocycles. The maximum atomic E-state index is 2.70. The van der Waals surface area contributed by atoms with Gasteiger partial charge in [-0.25, -0.2) is 0 Å². The van der Waals surface area contributed by atoms with Crippen LogP contribution in [0.2, 0.25) is 0 Å². The molecule has 0 aromatic heterocycles. The van der Waals surface area contributed by atoms with Crippen LogP contribution in [0.5, 0.6) is 0 Å². The minimum atomic E-state index is -1.29. The Balaban J connectivity index is 2.23. The Bertz CT molecular complexity index is 553. The van der Waals surface area contributed by atoms with Crippen LogP contribution in [-0.4, -0.2) is 0 Å². The van der Waals surface area contributed by atoms with Crippen LogP contribution in [-0.2, 0) is 10.8 Å². The van der Waals surface area contributed by atoms with Crippen molar-refractivity contribution in [2.45, 2.75) is 52.4 Å². The molecule has 0 fully saturated rings. The molecule has 0 nitrogen and oxygen atoms in total. The normalized spacial score (nSPS) is 13.1. The summed E-state index contributed by atoms with van der Waals surface area (Å²) in [6, 6.07) is 18.6. The van der Waals surface area contributed by atoms with E-state index in [9.17, 15) is 0 Å². The van der Waals surface area contributed by atoms with Crippen LogP contribution in [0.25, 0.3) is 0 Å². The zero-order chi connectivity index (χ0) is 16.5. The number of halogens is 2. The average molecular weight is 520 g/mol. The van der Waals surface area contributed by atoms with Gasteiger partial charge in [0.05, 0.1) is 0 Å². The summed E-state index contributed by atoms with van der Waals surface area (Å²) in [4.78, 5) is 0. The van der Waals surface area contributed by atoms with Crippen molar-refractivity contribution in [3.05, 3.63) is 66.8 Å². The Morgan fingerprint density at radius 1 is 0.591 bits per heavy atom. The van der Waals surface area contributed by atoms with Gasteiger partial charge < -0.3 is 0 Å². The molecule has 0 N–H and O–H groups in total. The predicted molar refractivity (Wildman–Crippen MR) is 116 cm³/mol. The summed E-state index contributed by atoms with van der Waals surface area (Å²) in [5, 5.41) is 0. The number of hydrogen-bond donors (Lipinski definition) is 0. The van der Waals surface area contributed by atoms with E-state index in [1.54, 1.807) is 0 Å². The van der Waals surface area contributed by atoms with Crippen molar-refractivity contribution in [3.8, 4) is 0 Å². The second-order valence-corrected chi connectivity index (χ2v) is 17.1. The predicted octanol–water partition coefficient (Wildman–Crippen LogP) is 7.18. The third kappa shape index (κ3) is 4.47. The van der Waals surface area contributed by atoms with Crippen LogP contribution < -0.4 is 0 Å². The first kappa shape index (κ1) is 18.2. The van der Waals surface area contributed by atoms with Gasteiger partial charge in [0.15, 0.2) is 0 Å². The third-order valence-corrected chi connectivity index (χ3v) is 13.7. The van der Waals surface area contributed by atoms with E-state index in [-0.39, 0.29) is 10.8 Å². The summed E-state index contributed by atoms with van der Waals surface area (Å²) in [6.45, 7) is 13.6. The zero-order valence-electron chi connectivity index (χ0n) is 14.4. The van der Waals surface area contributed by atoms with Crippen molar-refractivity contribution in [1.82, 2.24) is 0 Å². The van der Waals surface area contributed by atoms with Gasteiger partial charge in [0, 0.05) is 0 Å². The van der Waals surface area contributed by atoms with Crippen molar-refractivity contribution >= 4 is 34.5 Å². The number of benzene rings is 2. The van der Waals surface area contributed by atoms with Crippen LogP contribution in [0.1, 0.15) is 52.7 Å². The molecule has 0 aliphatic carbocycles. The molecule has 2 aromatic carbocycles. The Morgan fingerprint density at radius 2 is 0.864 bits per heavy atom. The molecule has 0 bridgehead atoms. The molecule has 2 rings (SSSR count). The van der Waals surface area contributed by atoms with Crippen molar-refractivity contribution in [2.75, 3.05) is 0 Å². The Morgan fingerprint density at radius 3 is 1.09 bits per heavy atom. The van der Waals surface area contributed by atoms with Crippen LogP contribution in [0.4, 0.5) is 0 Å². The van der Waals surface area contributed by atoms with Gasteiger partial charge in [0.25, 0.3) is 0 Å². The van der Waals surface area contributed by atoms with E-state index in [1.165, 1.54) is 18.3 Å². The first-order valence-corrected chi connectivity index (χ1v) is 16.1. The first-order chi connectivity index (χ1) is 10.1. The van der Waals surface area contributed by atoms with Crippen molar-refractivity contribution in [1.29, 1.82) is 0 Å². The third-order valence-electron chi connectivity index (χ3n) is 3.80. The van der Waals surface area contributed by atoms with Crippen LogP contribution >= 0.6 is 34.5 Å². The SMILES string of the molecule is CC(C)(C)c1ccc(I(I)c2ccc(C(C)(C)C)cc2)cc1. The summed E-state index contributed by atoms with van der Waals surface area (Å²) in [6.07, 6.45) is 0. The van der Waals surface area contributed by atoms with Crippen LogP contribution in [0.3, 0.4) is 0 Å². The second kappa shape index (κ2) is 6.80. The van der Waals surface area contributed by atoms with E-state index in [1.807, 2.05) is 0 Å². The zero-order valence-corrected chi connectivity index (χ0v) is 18.7. The monoisotopic (exact) mass is 520 g/mol. The van der Waals surface area contributed by atoms with Crippen molar-refractivity contribution in [3.63, 3.8) is 0 Å². The maximum absolute atomic E-state index is 2.70. The van der Waals surface area contributed by atoms with Gasteiger partial charge in [-0.2, -0.15) is 0 Å². The molecule has 0 heterocycles. The fourth-order valence-corrected chi connectivity index (χ4v) is 8.59. The molecule has 0 atom stereocenters. The van der Waals surface area contributed by atoms with Gasteiger partial charge >= 0.3 is 154 Å². The Labute approximate surface area is 152 Å². The molecule has 0 aliphatic rings. The first-order valence-electron chi connectivity index (χ1n) is 7.66. The molecule has 2 heteroatoms. The van der Waals surface area contributed by atoms with Crippen LogP contribution in [0, 0.1) is 7.14 Å². The number of rotatable bonds is 2. The molecule has 22 heavy (non-hydrogen) atoms. The quantitative estimate of drug-likeness (QED) is 0.369. The van der Waals surface area contributed by atoms with Crippen molar-refractivity contribution < 1.29 is 0 Å². The molecule has 0 aliphatic heterocycles. The van der Waals surface area contributed by atoms with Gasteiger partial charge in [-0.1, -0.05) is 0 Å². The van der Waals surface area contributed by atoms with E-state index in [0.29, 0.717) is 0 Å². The minimum absolute atomic E-state index is 0.233. The molecular formula is C20H26I2. The van der Waals surface area contributed by atoms with E-state index < -0.39 is 15.8 Å². The van der Waals surface area contributed by atoms with E-state index in [4.69, 9.17) is 0 Å². The molecule has 0 amide bonds. The van der Waals surface area contributed by atoms with Gasteiger partial charge in [0.1, 0.15) is 0 Å².